The first-order chi connectivity index (χ1) is 5.59. The van der Waals surface area contributed by atoms with Crippen molar-refractivity contribution >= 4 is 41.7 Å². The molecule has 0 bridgehead atoms. The third-order valence-corrected chi connectivity index (χ3v) is 3.86. The van der Waals surface area contributed by atoms with Gasteiger partial charge in [-0.1, -0.05) is 0 Å². The summed E-state index contributed by atoms with van der Waals surface area (Å²) >= 11 is 6.83. The molecule has 0 aliphatic heterocycles. The summed E-state index contributed by atoms with van der Waals surface area (Å²) in [5.74, 6) is -0.756. The molecular weight excluding hydrogens is 214 g/mol. The van der Waals surface area contributed by atoms with Gasteiger partial charge in [-0.3, -0.25) is 4.79 Å². The van der Waals surface area contributed by atoms with E-state index < -0.39 is 5.97 Å². The van der Waals surface area contributed by atoms with Crippen molar-refractivity contribution in [1.29, 1.82) is 0 Å². The van der Waals surface area contributed by atoms with E-state index in [1.54, 1.807) is 0 Å². The molecule has 6 heteroatoms. The van der Waals surface area contributed by atoms with Gasteiger partial charge in [0.1, 0.15) is 5.03 Å². The van der Waals surface area contributed by atoms with E-state index in [0.717, 1.165) is 9.22 Å². The third kappa shape index (κ3) is 2.69. The Balaban J connectivity index is 2.62. The molecule has 0 atom stereocenters. The Morgan fingerprint density at radius 2 is 2.50 bits per heavy atom. The minimum Gasteiger partial charge on any atom is -0.481 e. The van der Waals surface area contributed by atoms with Gasteiger partial charge in [0, 0.05) is 0 Å². The molecule has 0 aliphatic carbocycles. The second kappa shape index (κ2) is 4.15. The van der Waals surface area contributed by atoms with Crippen LogP contribution in [0.15, 0.2) is 9.24 Å². The number of rotatable bonds is 3. The van der Waals surface area contributed by atoms with E-state index in [1.165, 1.54) is 23.1 Å². The summed E-state index contributed by atoms with van der Waals surface area (Å²) in [5, 5.41) is 9.95. The first-order valence-corrected chi connectivity index (χ1v) is 5.35. The van der Waals surface area contributed by atoms with Crippen molar-refractivity contribution < 1.29 is 9.90 Å². The molecule has 0 saturated carbocycles. The second-order valence-electron chi connectivity index (χ2n) is 2.03. The zero-order chi connectivity index (χ0) is 9.14. The van der Waals surface area contributed by atoms with E-state index in [9.17, 15) is 4.79 Å². The fraction of sp³-hybridized carbons (Fsp3) is 0.333. The molecule has 12 heavy (non-hydrogen) atoms. The quantitative estimate of drug-likeness (QED) is 0.605. The molecule has 1 aromatic rings. The lowest BCUT2D eigenvalue weighted by Crippen LogP contribution is -1.96. The summed E-state index contributed by atoms with van der Waals surface area (Å²) in [6.45, 7) is 1.87. The van der Waals surface area contributed by atoms with Crippen molar-refractivity contribution in [2.75, 3.05) is 5.75 Å². The molecule has 1 heterocycles. The van der Waals surface area contributed by atoms with Crippen LogP contribution in [-0.4, -0.2) is 21.8 Å². The van der Waals surface area contributed by atoms with Crippen LogP contribution < -0.4 is 0 Å². The largest absolute Gasteiger partial charge is 0.481 e. The van der Waals surface area contributed by atoms with Gasteiger partial charge in [0.15, 0.2) is 0 Å². The number of hydrogen-bond donors (Lipinski definition) is 2. The van der Waals surface area contributed by atoms with Crippen LogP contribution in [0.5, 0.6) is 0 Å². The number of hydrogen-bond acceptors (Lipinski definition) is 5. The predicted octanol–water partition coefficient (Wildman–Crippen LogP) is 1.92. The molecule has 0 saturated heterocycles. The summed E-state index contributed by atoms with van der Waals surface area (Å²) < 4.78 is 0.873. The number of aryl methyl sites for hydroxylation is 1. The first kappa shape index (κ1) is 9.88. The molecule has 0 radical (unpaired) electrons. The summed E-state index contributed by atoms with van der Waals surface area (Å²) in [6.07, 6.45) is 0. The summed E-state index contributed by atoms with van der Waals surface area (Å²) in [4.78, 5) is 14.3. The Hall–Kier alpha value is -0.200. The van der Waals surface area contributed by atoms with Crippen LogP contribution >= 0.6 is 35.7 Å². The normalized spacial score (nSPS) is 10.2. The minimum absolute atomic E-state index is 0.0647. The highest BCUT2D eigenvalue weighted by Crippen LogP contribution is 2.31. The lowest BCUT2D eigenvalue weighted by molar-refractivity contribution is -0.133. The van der Waals surface area contributed by atoms with Crippen LogP contribution in [0, 0.1) is 6.92 Å². The number of aliphatic carboxylic acids is 1. The SMILES string of the molecule is Cc1nc(S)c(SCC(=O)O)s1. The van der Waals surface area contributed by atoms with Crippen LogP contribution in [-0.2, 0) is 4.79 Å². The number of carbonyl (C=O) groups is 1. The van der Waals surface area contributed by atoms with Crippen LogP contribution in [0.2, 0.25) is 0 Å². The van der Waals surface area contributed by atoms with Gasteiger partial charge >= 0.3 is 5.97 Å². The average molecular weight is 221 g/mol. The van der Waals surface area contributed by atoms with Crippen LogP contribution in [0.25, 0.3) is 0 Å². The standard InChI is InChI=1S/C6H7NO2S3/c1-3-7-5(10)6(12-3)11-2-4(8)9/h10H,2H2,1H3,(H,8,9). The van der Waals surface area contributed by atoms with E-state index in [1.807, 2.05) is 6.92 Å². The van der Waals surface area contributed by atoms with E-state index in [0.29, 0.717) is 5.03 Å². The van der Waals surface area contributed by atoms with Gasteiger partial charge in [0.05, 0.1) is 15.0 Å². The van der Waals surface area contributed by atoms with E-state index in [-0.39, 0.29) is 5.75 Å². The van der Waals surface area contributed by atoms with Gasteiger partial charge in [0.2, 0.25) is 0 Å². The smallest absolute Gasteiger partial charge is 0.313 e. The molecule has 0 unspecified atom stereocenters. The number of aromatic nitrogens is 1. The van der Waals surface area contributed by atoms with Gasteiger partial charge in [0.25, 0.3) is 0 Å². The van der Waals surface area contributed by atoms with Crippen molar-refractivity contribution in [3.8, 4) is 0 Å². The highest BCUT2D eigenvalue weighted by molar-refractivity contribution is 8.02. The summed E-state index contributed by atoms with van der Waals surface area (Å²) in [6, 6.07) is 0. The summed E-state index contributed by atoms with van der Waals surface area (Å²) in [5.41, 5.74) is 0. The Kier molecular flexibility index (Phi) is 3.42. The number of thiazole rings is 1. The summed E-state index contributed by atoms with van der Waals surface area (Å²) in [7, 11) is 0. The van der Waals surface area contributed by atoms with Gasteiger partial charge in [-0.15, -0.1) is 35.7 Å². The maximum Gasteiger partial charge on any atom is 0.313 e. The molecule has 66 valence electrons. The molecule has 1 N–H and O–H groups in total. The molecule has 0 fully saturated rings. The Labute approximate surface area is 83.6 Å². The number of carboxylic acid groups (broad SMARTS) is 1. The number of thioether (sulfide) groups is 1. The van der Waals surface area contributed by atoms with Gasteiger partial charge in [-0.25, -0.2) is 4.98 Å². The lowest BCUT2D eigenvalue weighted by Gasteiger charge is -1.92. The first-order valence-electron chi connectivity index (χ1n) is 3.10. The molecular formula is C6H7NO2S3. The number of carboxylic acids is 1. The van der Waals surface area contributed by atoms with Crippen molar-refractivity contribution in [3.63, 3.8) is 0 Å². The van der Waals surface area contributed by atoms with Crippen molar-refractivity contribution in [2.24, 2.45) is 0 Å². The molecule has 3 nitrogen and oxygen atoms in total. The van der Waals surface area contributed by atoms with Crippen molar-refractivity contribution in [1.82, 2.24) is 4.98 Å². The van der Waals surface area contributed by atoms with Crippen LogP contribution in [0.1, 0.15) is 5.01 Å². The third-order valence-electron chi connectivity index (χ3n) is 1.01. The number of nitrogens with zero attached hydrogens (tertiary/aromatic N) is 1. The molecule has 1 rings (SSSR count). The fourth-order valence-corrected chi connectivity index (χ4v) is 2.91. The zero-order valence-electron chi connectivity index (χ0n) is 6.27. The van der Waals surface area contributed by atoms with Crippen molar-refractivity contribution in [2.45, 2.75) is 16.2 Å². The monoisotopic (exact) mass is 221 g/mol. The fourth-order valence-electron chi connectivity index (χ4n) is 0.619. The maximum absolute atomic E-state index is 10.2. The van der Waals surface area contributed by atoms with Gasteiger partial charge in [-0.2, -0.15) is 0 Å². The lowest BCUT2D eigenvalue weighted by atomic mass is 10.8. The maximum atomic E-state index is 10.2. The van der Waals surface area contributed by atoms with E-state index in [2.05, 4.69) is 17.6 Å². The van der Waals surface area contributed by atoms with Crippen LogP contribution in [0.3, 0.4) is 0 Å². The Morgan fingerprint density at radius 1 is 1.83 bits per heavy atom. The highest BCUT2D eigenvalue weighted by Gasteiger charge is 2.07. The Bertz CT molecular complexity index is 297. The molecule has 0 aromatic carbocycles. The van der Waals surface area contributed by atoms with Gasteiger partial charge in [-0.05, 0) is 6.92 Å². The Morgan fingerprint density at radius 3 is 2.92 bits per heavy atom. The van der Waals surface area contributed by atoms with Crippen LogP contribution in [0.4, 0.5) is 0 Å². The topological polar surface area (TPSA) is 50.2 Å². The molecule has 0 amide bonds. The van der Waals surface area contributed by atoms with E-state index in [4.69, 9.17) is 5.11 Å². The number of thiol groups is 1. The molecule has 0 spiro atoms. The predicted molar refractivity (Wildman–Crippen MR) is 52.5 cm³/mol. The highest BCUT2D eigenvalue weighted by atomic mass is 32.2. The van der Waals surface area contributed by atoms with Gasteiger partial charge < -0.3 is 5.11 Å². The minimum atomic E-state index is -0.821. The zero-order valence-corrected chi connectivity index (χ0v) is 8.80. The molecule has 1 aromatic heterocycles. The van der Waals surface area contributed by atoms with Crippen molar-refractivity contribution in [3.05, 3.63) is 5.01 Å². The van der Waals surface area contributed by atoms with E-state index >= 15 is 0 Å². The molecule has 0 aliphatic rings. The second-order valence-corrected chi connectivity index (χ2v) is 4.90. The average Bonchev–Trinajstić information content (AvgIpc) is 2.26.